The van der Waals surface area contributed by atoms with E-state index in [1.165, 1.54) is 32.4 Å². The molecule has 5 heteroatoms. The second-order valence-electron chi connectivity index (χ2n) is 5.98. The van der Waals surface area contributed by atoms with E-state index in [0.717, 1.165) is 11.3 Å². The molecule has 0 amide bonds. The minimum atomic E-state index is 0.526. The maximum absolute atomic E-state index is 5.33. The highest BCUT2D eigenvalue weighted by Gasteiger charge is 2.37. The van der Waals surface area contributed by atoms with Gasteiger partial charge in [0.25, 0.3) is 5.89 Å². The summed E-state index contributed by atoms with van der Waals surface area (Å²) >= 11 is 0. The molecule has 2 unspecified atom stereocenters. The van der Waals surface area contributed by atoms with Crippen molar-refractivity contribution in [2.45, 2.75) is 38.3 Å². The van der Waals surface area contributed by atoms with Crippen molar-refractivity contribution >= 4 is 5.69 Å². The molecule has 3 heterocycles. The predicted octanol–water partition coefficient (Wildman–Crippen LogP) is 2.69. The molecule has 1 aromatic heterocycles. The van der Waals surface area contributed by atoms with E-state index in [0.29, 0.717) is 23.8 Å². The average Bonchev–Trinajstić information content (AvgIpc) is 3.18. The van der Waals surface area contributed by atoms with Gasteiger partial charge >= 0.3 is 0 Å². The summed E-state index contributed by atoms with van der Waals surface area (Å²) < 4.78 is 5.33. The molecule has 0 spiro atoms. The van der Waals surface area contributed by atoms with Gasteiger partial charge in [-0.1, -0.05) is 17.3 Å². The van der Waals surface area contributed by atoms with Gasteiger partial charge in [-0.15, -0.1) is 0 Å². The fourth-order valence-corrected chi connectivity index (χ4v) is 3.65. The number of hydrogen-bond acceptors (Lipinski definition) is 5. The zero-order valence-electron chi connectivity index (χ0n) is 12.2. The van der Waals surface area contributed by atoms with Crippen molar-refractivity contribution in [3.63, 3.8) is 0 Å². The van der Waals surface area contributed by atoms with Gasteiger partial charge in [0, 0.05) is 24.3 Å². The van der Waals surface area contributed by atoms with E-state index in [4.69, 9.17) is 4.52 Å². The Morgan fingerprint density at radius 2 is 2.14 bits per heavy atom. The molecule has 2 aliphatic rings. The smallest absolute Gasteiger partial charge is 0.260 e. The van der Waals surface area contributed by atoms with E-state index in [2.05, 4.69) is 32.5 Å². The highest BCUT2D eigenvalue weighted by Crippen LogP contribution is 2.33. The van der Waals surface area contributed by atoms with Gasteiger partial charge in [-0.25, -0.2) is 0 Å². The molecule has 2 aliphatic heterocycles. The minimum Gasteiger partial charge on any atom is -0.380 e. The van der Waals surface area contributed by atoms with E-state index in [9.17, 15) is 0 Å². The Labute approximate surface area is 124 Å². The second kappa shape index (κ2) is 5.15. The first-order valence-corrected chi connectivity index (χ1v) is 7.71. The first-order valence-electron chi connectivity index (χ1n) is 7.71. The summed E-state index contributed by atoms with van der Waals surface area (Å²) in [6.07, 6.45) is 3.84. The van der Waals surface area contributed by atoms with Gasteiger partial charge in [-0.3, -0.25) is 4.90 Å². The number of fused-ring (bicyclic) bond motifs is 1. The van der Waals surface area contributed by atoms with Crippen molar-refractivity contribution in [2.75, 3.05) is 18.4 Å². The topological polar surface area (TPSA) is 54.2 Å². The Hall–Kier alpha value is -1.88. The zero-order valence-corrected chi connectivity index (χ0v) is 12.2. The number of para-hydroxylation sites is 1. The van der Waals surface area contributed by atoms with Gasteiger partial charge in [0.2, 0.25) is 0 Å². The molecule has 4 rings (SSSR count). The first-order chi connectivity index (χ1) is 10.3. The molecule has 110 valence electrons. The second-order valence-corrected chi connectivity index (χ2v) is 5.98. The molecular formula is C16H20N4O. The summed E-state index contributed by atoms with van der Waals surface area (Å²) in [5, 5.41) is 7.62. The molecule has 2 saturated heterocycles. The summed E-state index contributed by atoms with van der Waals surface area (Å²) in [5.74, 6) is 1.26. The number of rotatable bonds is 3. The number of aryl methyl sites for hydroxylation is 1. The maximum atomic E-state index is 5.33. The molecule has 2 aromatic rings. The molecule has 21 heavy (non-hydrogen) atoms. The van der Waals surface area contributed by atoms with Crippen LogP contribution in [0.5, 0.6) is 0 Å². The monoisotopic (exact) mass is 284 g/mol. The van der Waals surface area contributed by atoms with Crippen molar-refractivity contribution in [3.05, 3.63) is 30.1 Å². The molecule has 0 radical (unpaired) electrons. The van der Waals surface area contributed by atoms with E-state index in [1.54, 1.807) is 0 Å². The standard InChI is InChI=1S/C16H20N4O/c1-11-17-16(21-19-11)12-5-2-3-6-13(12)18-14-8-10-20-9-4-7-15(14)20/h2-3,5-6,14-15,18H,4,7-10H2,1H3. The van der Waals surface area contributed by atoms with Crippen molar-refractivity contribution in [1.29, 1.82) is 0 Å². The van der Waals surface area contributed by atoms with Gasteiger partial charge < -0.3 is 9.84 Å². The molecule has 0 saturated carbocycles. The van der Waals surface area contributed by atoms with Crippen LogP contribution in [0.3, 0.4) is 0 Å². The van der Waals surface area contributed by atoms with Crippen LogP contribution in [0.15, 0.2) is 28.8 Å². The third-order valence-corrected chi connectivity index (χ3v) is 4.63. The molecule has 0 bridgehead atoms. The lowest BCUT2D eigenvalue weighted by Crippen LogP contribution is -2.33. The average molecular weight is 284 g/mol. The number of aromatic nitrogens is 2. The van der Waals surface area contributed by atoms with Crippen LogP contribution in [-0.4, -0.2) is 40.2 Å². The van der Waals surface area contributed by atoms with Crippen LogP contribution >= 0.6 is 0 Å². The Bertz CT molecular complexity index is 639. The first kappa shape index (κ1) is 12.8. The SMILES string of the molecule is Cc1noc(-c2ccccc2NC2CCN3CCCC23)n1. The maximum Gasteiger partial charge on any atom is 0.260 e. The molecule has 0 aliphatic carbocycles. The van der Waals surface area contributed by atoms with Crippen LogP contribution in [0.2, 0.25) is 0 Å². The van der Waals surface area contributed by atoms with Gasteiger partial charge in [0.05, 0.1) is 5.56 Å². The van der Waals surface area contributed by atoms with E-state index >= 15 is 0 Å². The summed E-state index contributed by atoms with van der Waals surface area (Å²) in [6, 6.07) is 9.41. The van der Waals surface area contributed by atoms with Crippen molar-refractivity contribution < 1.29 is 4.52 Å². The van der Waals surface area contributed by atoms with Crippen LogP contribution in [0, 0.1) is 6.92 Å². The molecule has 5 nitrogen and oxygen atoms in total. The third-order valence-electron chi connectivity index (χ3n) is 4.63. The Balaban J connectivity index is 1.61. The molecule has 2 fully saturated rings. The van der Waals surface area contributed by atoms with Gasteiger partial charge in [0.15, 0.2) is 5.82 Å². The summed E-state index contributed by atoms with van der Waals surface area (Å²) in [7, 11) is 0. The van der Waals surface area contributed by atoms with E-state index in [1.807, 2.05) is 19.1 Å². The molecular weight excluding hydrogens is 264 g/mol. The van der Waals surface area contributed by atoms with Crippen LogP contribution < -0.4 is 5.32 Å². The number of anilines is 1. The Morgan fingerprint density at radius 1 is 1.24 bits per heavy atom. The fraction of sp³-hybridized carbons (Fsp3) is 0.500. The third kappa shape index (κ3) is 2.31. The summed E-state index contributed by atoms with van der Waals surface area (Å²) in [6.45, 7) is 4.31. The molecule has 1 aromatic carbocycles. The normalized spacial score (nSPS) is 25.2. The highest BCUT2D eigenvalue weighted by molar-refractivity contribution is 5.72. The van der Waals surface area contributed by atoms with Crippen LogP contribution in [0.25, 0.3) is 11.5 Å². The number of hydrogen-bond donors (Lipinski definition) is 1. The van der Waals surface area contributed by atoms with E-state index < -0.39 is 0 Å². The van der Waals surface area contributed by atoms with Gasteiger partial charge in [0.1, 0.15) is 0 Å². The van der Waals surface area contributed by atoms with Gasteiger partial charge in [-0.05, 0) is 44.9 Å². The highest BCUT2D eigenvalue weighted by atomic mass is 16.5. The van der Waals surface area contributed by atoms with Crippen LogP contribution in [0.1, 0.15) is 25.1 Å². The molecule has 2 atom stereocenters. The van der Waals surface area contributed by atoms with Crippen molar-refractivity contribution in [3.8, 4) is 11.5 Å². The quantitative estimate of drug-likeness (QED) is 0.939. The largest absolute Gasteiger partial charge is 0.380 e. The number of nitrogens with zero attached hydrogens (tertiary/aromatic N) is 3. The predicted molar refractivity (Wildman–Crippen MR) is 81.1 cm³/mol. The fourth-order valence-electron chi connectivity index (χ4n) is 3.65. The van der Waals surface area contributed by atoms with Crippen LogP contribution in [-0.2, 0) is 0 Å². The van der Waals surface area contributed by atoms with Gasteiger partial charge in [-0.2, -0.15) is 4.98 Å². The van der Waals surface area contributed by atoms with Crippen molar-refractivity contribution in [1.82, 2.24) is 15.0 Å². The Kier molecular flexibility index (Phi) is 3.15. The van der Waals surface area contributed by atoms with Crippen molar-refractivity contribution in [2.24, 2.45) is 0 Å². The lowest BCUT2D eigenvalue weighted by Gasteiger charge is -2.23. The zero-order chi connectivity index (χ0) is 14.2. The van der Waals surface area contributed by atoms with E-state index in [-0.39, 0.29) is 0 Å². The lowest BCUT2D eigenvalue weighted by atomic mass is 10.1. The lowest BCUT2D eigenvalue weighted by molar-refractivity contribution is 0.318. The summed E-state index contributed by atoms with van der Waals surface area (Å²) in [5.41, 5.74) is 2.09. The molecule has 1 N–H and O–H groups in total. The number of benzene rings is 1. The summed E-state index contributed by atoms with van der Waals surface area (Å²) in [4.78, 5) is 6.96. The minimum absolute atomic E-state index is 0.526. The van der Waals surface area contributed by atoms with Crippen LogP contribution in [0.4, 0.5) is 5.69 Å². The number of nitrogens with one attached hydrogen (secondary N) is 1. The Morgan fingerprint density at radius 3 is 3.00 bits per heavy atom.